The van der Waals surface area contributed by atoms with Crippen LogP contribution in [0.25, 0.3) is 0 Å². The lowest BCUT2D eigenvalue weighted by molar-refractivity contribution is -0.126. The van der Waals surface area contributed by atoms with Gasteiger partial charge in [0, 0.05) is 17.5 Å². The second kappa shape index (κ2) is 7.33. The number of ether oxygens (including phenoxy) is 1. The van der Waals surface area contributed by atoms with Gasteiger partial charge in [-0.1, -0.05) is 35.3 Å². The second-order valence-electron chi connectivity index (χ2n) is 5.60. The normalized spacial score (nSPS) is 15.9. The van der Waals surface area contributed by atoms with Gasteiger partial charge in [0.05, 0.1) is 17.3 Å². The van der Waals surface area contributed by atoms with Gasteiger partial charge in [-0.25, -0.2) is 0 Å². The van der Waals surface area contributed by atoms with Crippen LogP contribution in [-0.2, 0) is 9.59 Å². The number of rotatable bonds is 5. The molecule has 2 aromatic carbocycles. The molecule has 0 fully saturated rings. The number of nitrogens with zero attached hydrogens (tertiary/aromatic N) is 1. The maximum atomic E-state index is 12.7. The molecule has 0 bridgehead atoms. The lowest BCUT2D eigenvalue weighted by Gasteiger charge is -2.19. The highest BCUT2D eigenvalue weighted by Gasteiger charge is 2.38. The highest BCUT2D eigenvalue weighted by Crippen LogP contribution is 2.40. The fraction of sp³-hybridized carbons (Fsp3) is 0.222. The van der Waals surface area contributed by atoms with Crippen LogP contribution in [0.2, 0.25) is 10.0 Å². The molecule has 1 unspecified atom stereocenters. The molecule has 0 radical (unpaired) electrons. The predicted octanol–water partition coefficient (Wildman–Crippen LogP) is 3.60. The lowest BCUT2D eigenvalue weighted by atomic mass is 10.1. The summed E-state index contributed by atoms with van der Waals surface area (Å²) in [7, 11) is 0. The van der Waals surface area contributed by atoms with Crippen LogP contribution < -0.4 is 15.0 Å². The first-order valence-electron chi connectivity index (χ1n) is 7.72. The van der Waals surface area contributed by atoms with Gasteiger partial charge in [0.2, 0.25) is 5.91 Å². The maximum Gasteiger partial charge on any atom is 0.254 e. The first kappa shape index (κ1) is 17.6. The van der Waals surface area contributed by atoms with E-state index in [0.29, 0.717) is 33.6 Å². The van der Waals surface area contributed by atoms with Crippen molar-refractivity contribution in [3.8, 4) is 5.75 Å². The summed E-state index contributed by atoms with van der Waals surface area (Å²) in [6.07, 6.45) is 0. The largest absolute Gasteiger partial charge is 0.492 e. The standard InChI is InChI=1S/C18H16Cl2N2O3/c1-11(23)21-16-14-3-2-4-15(20)17(14)22(18(16)24)9-10-25-13-7-5-12(19)6-8-13/h2-8,16H,9-10H2,1H3,(H,21,23). The zero-order valence-corrected chi connectivity index (χ0v) is 15.0. The Morgan fingerprint density at radius 3 is 2.60 bits per heavy atom. The first-order chi connectivity index (χ1) is 12.0. The molecule has 0 aliphatic carbocycles. The monoisotopic (exact) mass is 378 g/mol. The molecule has 1 atom stereocenters. The SMILES string of the molecule is CC(=O)NC1C(=O)N(CCOc2ccc(Cl)cc2)c2c(Cl)cccc21. The van der Waals surface area contributed by atoms with E-state index < -0.39 is 6.04 Å². The Morgan fingerprint density at radius 2 is 1.92 bits per heavy atom. The van der Waals surface area contributed by atoms with Gasteiger partial charge >= 0.3 is 0 Å². The number of amides is 2. The number of hydrogen-bond acceptors (Lipinski definition) is 3. The number of carbonyl (C=O) groups is 2. The van der Waals surface area contributed by atoms with Crippen molar-refractivity contribution in [1.29, 1.82) is 0 Å². The Balaban J connectivity index is 1.76. The average Bonchev–Trinajstić information content (AvgIpc) is 2.83. The number of nitrogens with one attached hydrogen (secondary N) is 1. The van der Waals surface area contributed by atoms with Crippen LogP contribution in [-0.4, -0.2) is 25.0 Å². The van der Waals surface area contributed by atoms with Crippen LogP contribution in [0, 0.1) is 0 Å². The van der Waals surface area contributed by atoms with Crippen molar-refractivity contribution in [2.24, 2.45) is 0 Å². The minimum Gasteiger partial charge on any atom is -0.492 e. The molecule has 1 heterocycles. The molecule has 7 heteroatoms. The number of fused-ring (bicyclic) bond motifs is 1. The van der Waals surface area contributed by atoms with E-state index in [1.807, 2.05) is 0 Å². The Labute approximate surface area is 155 Å². The highest BCUT2D eigenvalue weighted by molar-refractivity contribution is 6.34. The van der Waals surface area contributed by atoms with E-state index in [-0.39, 0.29) is 18.4 Å². The zero-order chi connectivity index (χ0) is 18.0. The van der Waals surface area contributed by atoms with Crippen LogP contribution in [0.5, 0.6) is 5.75 Å². The average molecular weight is 379 g/mol. The van der Waals surface area contributed by atoms with Crippen molar-refractivity contribution in [2.45, 2.75) is 13.0 Å². The Kier molecular flexibility index (Phi) is 5.16. The van der Waals surface area contributed by atoms with E-state index in [0.717, 1.165) is 0 Å². The summed E-state index contributed by atoms with van der Waals surface area (Å²) < 4.78 is 5.66. The van der Waals surface area contributed by atoms with Gasteiger partial charge in [0.25, 0.3) is 5.91 Å². The summed E-state index contributed by atoms with van der Waals surface area (Å²) in [5.41, 5.74) is 1.31. The Hall–Kier alpha value is -2.24. The molecule has 130 valence electrons. The number of anilines is 1. The molecule has 5 nitrogen and oxygen atoms in total. The van der Waals surface area contributed by atoms with Gasteiger partial charge < -0.3 is 15.0 Å². The molecule has 0 aromatic heterocycles. The molecule has 1 aliphatic heterocycles. The number of para-hydroxylation sites is 1. The van der Waals surface area contributed by atoms with E-state index in [9.17, 15) is 9.59 Å². The third-order valence-electron chi connectivity index (χ3n) is 3.86. The van der Waals surface area contributed by atoms with Crippen molar-refractivity contribution in [3.63, 3.8) is 0 Å². The number of carbonyl (C=O) groups excluding carboxylic acids is 2. The number of benzene rings is 2. The molecule has 0 saturated heterocycles. The number of halogens is 2. The minimum absolute atomic E-state index is 0.224. The van der Waals surface area contributed by atoms with Crippen LogP contribution in [0.1, 0.15) is 18.5 Å². The molecule has 1 aliphatic rings. The summed E-state index contributed by atoms with van der Waals surface area (Å²) in [6.45, 7) is 1.98. The smallest absolute Gasteiger partial charge is 0.254 e. The quantitative estimate of drug-likeness (QED) is 0.864. The summed E-state index contributed by atoms with van der Waals surface area (Å²) in [4.78, 5) is 25.7. The topological polar surface area (TPSA) is 58.6 Å². The predicted molar refractivity (Wildman–Crippen MR) is 97.3 cm³/mol. The molecule has 0 spiro atoms. The minimum atomic E-state index is -0.721. The lowest BCUT2D eigenvalue weighted by Crippen LogP contribution is -2.38. The van der Waals surface area contributed by atoms with Gasteiger partial charge in [0.15, 0.2) is 0 Å². The molecular weight excluding hydrogens is 363 g/mol. The highest BCUT2D eigenvalue weighted by atomic mass is 35.5. The fourth-order valence-electron chi connectivity index (χ4n) is 2.80. The van der Waals surface area contributed by atoms with Crippen LogP contribution in [0.3, 0.4) is 0 Å². The summed E-state index contributed by atoms with van der Waals surface area (Å²) in [6, 6.07) is 11.5. The van der Waals surface area contributed by atoms with Gasteiger partial charge in [0.1, 0.15) is 18.4 Å². The van der Waals surface area contributed by atoms with E-state index in [1.165, 1.54) is 6.92 Å². The van der Waals surface area contributed by atoms with Crippen molar-refractivity contribution < 1.29 is 14.3 Å². The van der Waals surface area contributed by atoms with Gasteiger partial charge in [-0.15, -0.1) is 0 Å². The van der Waals surface area contributed by atoms with Gasteiger partial charge in [-0.3, -0.25) is 9.59 Å². The molecule has 25 heavy (non-hydrogen) atoms. The fourth-order valence-corrected chi connectivity index (χ4v) is 3.21. The number of hydrogen-bond donors (Lipinski definition) is 1. The van der Waals surface area contributed by atoms with E-state index in [1.54, 1.807) is 47.4 Å². The molecule has 1 N–H and O–H groups in total. The third kappa shape index (κ3) is 3.72. The van der Waals surface area contributed by atoms with E-state index >= 15 is 0 Å². The maximum absolute atomic E-state index is 12.7. The molecule has 2 aromatic rings. The Bertz CT molecular complexity index is 808. The second-order valence-corrected chi connectivity index (χ2v) is 6.45. The van der Waals surface area contributed by atoms with Crippen molar-refractivity contribution in [2.75, 3.05) is 18.1 Å². The van der Waals surface area contributed by atoms with Crippen molar-refractivity contribution >= 4 is 40.7 Å². The van der Waals surface area contributed by atoms with Gasteiger partial charge in [-0.05, 0) is 30.3 Å². The summed E-state index contributed by atoms with van der Waals surface area (Å²) >= 11 is 12.1. The molecule has 0 saturated carbocycles. The Morgan fingerprint density at radius 1 is 1.20 bits per heavy atom. The van der Waals surface area contributed by atoms with E-state index in [2.05, 4.69) is 5.32 Å². The summed E-state index contributed by atoms with van der Waals surface area (Å²) in [5.74, 6) is 0.162. The van der Waals surface area contributed by atoms with Gasteiger partial charge in [-0.2, -0.15) is 0 Å². The van der Waals surface area contributed by atoms with Crippen LogP contribution in [0.4, 0.5) is 5.69 Å². The molecule has 3 rings (SSSR count). The van der Waals surface area contributed by atoms with E-state index in [4.69, 9.17) is 27.9 Å². The van der Waals surface area contributed by atoms with Crippen LogP contribution in [0.15, 0.2) is 42.5 Å². The molecular formula is C18H16Cl2N2O3. The van der Waals surface area contributed by atoms with Crippen molar-refractivity contribution in [3.05, 3.63) is 58.1 Å². The summed E-state index contributed by atoms with van der Waals surface area (Å²) in [5, 5.41) is 3.76. The first-order valence-corrected chi connectivity index (χ1v) is 8.48. The zero-order valence-electron chi connectivity index (χ0n) is 13.5. The molecule has 2 amide bonds. The third-order valence-corrected chi connectivity index (χ3v) is 4.41. The van der Waals surface area contributed by atoms with Crippen molar-refractivity contribution in [1.82, 2.24) is 5.32 Å². The van der Waals surface area contributed by atoms with Crippen LogP contribution >= 0.6 is 23.2 Å².